The first kappa shape index (κ1) is 17.8. The molecule has 0 aromatic carbocycles. The molecule has 2 N–H and O–H groups in total. The van der Waals surface area contributed by atoms with Gasteiger partial charge >= 0.3 is 11.9 Å². The molecule has 2 fully saturated rings. The van der Waals surface area contributed by atoms with E-state index < -0.39 is 18.2 Å². The number of aliphatic hydroxyl groups excluding tert-OH is 1. The van der Waals surface area contributed by atoms with Gasteiger partial charge in [-0.2, -0.15) is 0 Å². The molecule has 5 atom stereocenters. The molecule has 2 aliphatic heterocycles. The number of nitrogens with zero attached hydrogens (tertiary/aromatic N) is 2. The summed E-state index contributed by atoms with van der Waals surface area (Å²) < 4.78 is 13.0. The summed E-state index contributed by atoms with van der Waals surface area (Å²) >= 11 is 0. The van der Waals surface area contributed by atoms with Crippen molar-refractivity contribution in [2.75, 3.05) is 7.05 Å². The van der Waals surface area contributed by atoms with Gasteiger partial charge in [0.15, 0.2) is 0 Å². The predicted molar refractivity (Wildman–Crippen MR) is 95.2 cm³/mol. The summed E-state index contributed by atoms with van der Waals surface area (Å²) in [7, 11) is 3.69. The van der Waals surface area contributed by atoms with Crippen LogP contribution in [0.15, 0.2) is 36.7 Å². The van der Waals surface area contributed by atoms with Gasteiger partial charge in [-0.05, 0) is 31.3 Å². The van der Waals surface area contributed by atoms with E-state index in [1.165, 1.54) is 0 Å². The standard InChI is InChI=1S/C19H23N3O5/c1-21-8-4-6-13(21)19(25)26-11-9-14-16(23)17(15(10-11)22(14)2)27-18(24)12-5-3-7-20-12/h3-8,11,14-17,20,23H,9-10H2,1-2H3/t11-,14+,15-,16-,17+/m1/s1. The molecule has 2 saturated heterocycles. The van der Waals surface area contributed by atoms with Crippen LogP contribution in [0.25, 0.3) is 0 Å². The van der Waals surface area contributed by atoms with Crippen LogP contribution in [-0.4, -0.2) is 68.9 Å². The fraction of sp³-hybridized carbons (Fsp3) is 0.474. The normalized spacial score (nSPS) is 30.3. The van der Waals surface area contributed by atoms with Crippen LogP contribution in [0.3, 0.4) is 0 Å². The van der Waals surface area contributed by atoms with E-state index in [0.29, 0.717) is 24.2 Å². The van der Waals surface area contributed by atoms with E-state index in [0.717, 1.165) is 0 Å². The lowest BCUT2D eigenvalue weighted by atomic mass is 10.00. The molecule has 27 heavy (non-hydrogen) atoms. The molecule has 0 radical (unpaired) electrons. The second kappa shape index (κ2) is 6.86. The number of aromatic nitrogens is 2. The average molecular weight is 373 g/mol. The number of piperidine rings is 1. The Hall–Kier alpha value is -2.58. The number of carbonyl (C=O) groups excluding carboxylic acids is 2. The number of aliphatic hydroxyl groups is 1. The Bertz CT molecular complexity index is 830. The maximum Gasteiger partial charge on any atom is 0.355 e. The molecule has 0 saturated carbocycles. The van der Waals surface area contributed by atoms with E-state index in [1.54, 1.807) is 48.3 Å². The van der Waals surface area contributed by atoms with Crippen molar-refractivity contribution in [3.05, 3.63) is 48.0 Å². The first-order valence-electron chi connectivity index (χ1n) is 9.02. The Morgan fingerprint density at radius 3 is 2.56 bits per heavy atom. The van der Waals surface area contributed by atoms with Gasteiger partial charge in [-0.1, -0.05) is 0 Å². The zero-order valence-electron chi connectivity index (χ0n) is 15.2. The number of carbonyl (C=O) groups is 2. The Morgan fingerprint density at radius 2 is 1.89 bits per heavy atom. The molecule has 8 heteroatoms. The van der Waals surface area contributed by atoms with Gasteiger partial charge in [-0.25, -0.2) is 9.59 Å². The molecule has 0 aliphatic carbocycles. The van der Waals surface area contributed by atoms with E-state index in [9.17, 15) is 14.7 Å². The number of hydrogen-bond donors (Lipinski definition) is 2. The third kappa shape index (κ3) is 3.15. The molecule has 8 nitrogen and oxygen atoms in total. The Balaban J connectivity index is 1.45. The van der Waals surface area contributed by atoms with Gasteiger partial charge in [-0.15, -0.1) is 0 Å². The highest BCUT2D eigenvalue weighted by Crippen LogP contribution is 2.38. The monoisotopic (exact) mass is 373 g/mol. The van der Waals surface area contributed by atoms with Crippen LogP contribution < -0.4 is 0 Å². The van der Waals surface area contributed by atoms with Gasteiger partial charge in [0.05, 0.1) is 6.04 Å². The van der Waals surface area contributed by atoms with Gasteiger partial charge in [-0.3, -0.25) is 4.90 Å². The first-order chi connectivity index (χ1) is 13.0. The number of hydrogen-bond acceptors (Lipinski definition) is 6. The van der Waals surface area contributed by atoms with Crippen molar-refractivity contribution in [3.63, 3.8) is 0 Å². The average Bonchev–Trinajstić information content (AvgIpc) is 3.34. The van der Waals surface area contributed by atoms with Crippen molar-refractivity contribution < 1.29 is 24.2 Å². The molecule has 0 amide bonds. The summed E-state index contributed by atoms with van der Waals surface area (Å²) in [5, 5.41) is 10.7. The fourth-order valence-electron chi connectivity index (χ4n) is 4.18. The predicted octanol–water partition coefficient (Wildman–Crippen LogP) is 0.941. The second-order valence-corrected chi connectivity index (χ2v) is 7.25. The minimum atomic E-state index is -0.822. The van der Waals surface area contributed by atoms with Gasteiger partial charge in [0.1, 0.15) is 29.7 Å². The summed E-state index contributed by atoms with van der Waals surface area (Å²) in [5.74, 6) is -0.881. The van der Waals surface area contributed by atoms with Crippen molar-refractivity contribution in [1.82, 2.24) is 14.5 Å². The number of aryl methyl sites for hydroxylation is 1. The summed E-state index contributed by atoms with van der Waals surface area (Å²) in [6, 6.07) is 6.41. The van der Waals surface area contributed by atoms with Crippen LogP contribution in [-0.2, 0) is 16.5 Å². The number of H-pyrrole nitrogens is 1. The van der Waals surface area contributed by atoms with Crippen molar-refractivity contribution in [3.8, 4) is 0 Å². The van der Waals surface area contributed by atoms with Crippen LogP contribution in [0.5, 0.6) is 0 Å². The highest BCUT2D eigenvalue weighted by atomic mass is 16.6. The lowest BCUT2D eigenvalue weighted by Crippen LogP contribution is -2.46. The molecule has 0 unspecified atom stereocenters. The SMILES string of the molecule is CN1[C@@H]2C[C@H](OC(=O)c3cccn3C)C[C@H]1[C@@H](O)[C@H]2OC(=O)c1ccc[nH]1. The number of likely N-dealkylation sites (N-methyl/N-ethyl adjacent to an activating group) is 1. The molecule has 2 bridgehead atoms. The van der Waals surface area contributed by atoms with E-state index in [2.05, 4.69) is 4.98 Å². The summed E-state index contributed by atoms with van der Waals surface area (Å²) in [6.45, 7) is 0. The number of nitrogens with one attached hydrogen (secondary N) is 1. The quantitative estimate of drug-likeness (QED) is 0.775. The lowest BCUT2D eigenvalue weighted by molar-refractivity contribution is -0.0179. The molecule has 144 valence electrons. The zero-order valence-corrected chi connectivity index (χ0v) is 15.2. The largest absolute Gasteiger partial charge is 0.458 e. The third-order valence-corrected chi connectivity index (χ3v) is 5.65. The Morgan fingerprint density at radius 1 is 1.11 bits per heavy atom. The minimum absolute atomic E-state index is 0.205. The molecule has 4 rings (SSSR count). The van der Waals surface area contributed by atoms with E-state index >= 15 is 0 Å². The maximum atomic E-state index is 12.4. The zero-order chi connectivity index (χ0) is 19.1. The molecule has 4 heterocycles. The molecular formula is C19H23N3O5. The first-order valence-corrected chi connectivity index (χ1v) is 9.02. The fourth-order valence-corrected chi connectivity index (χ4v) is 4.18. The van der Waals surface area contributed by atoms with Crippen LogP contribution in [0.2, 0.25) is 0 Å². The van der Waals surface area contributed by atoms with Gasteiger partial charge in [0.25, 0.3) is 0 Å². The Labute approximate surface area is 156 Å². The van der Waals surface area contributed by atoms with Crippen LogP contribution in [0.1, 0.15) is 33.8 Å². The molecule has 2 aliphatic rings. The summed E-state index contributed by atoms with van der Waals surface area (Å²) in [4.78, 5) is 29.5. The molecule has 2 aromatic heterocycles. The number of ether oxygens (including phenoxy) is 2. The molecular weight excluding hydrogens is 350 g/mol. The third-order valence-electron chi connectivity index (χ3n) is 5.65. The lowest BCUT2D eigenvalue weighted by Gasteiger charge is -2.36. The van der Waals surface area contributed by atoms with Crippen LogP contribution in [0, 0.1) is 0 Å². The van der Waals surface area contributed by atoms with Crippen molar-refractivity contribution in [2.45, 2.75) is 43.2 Å². The number of esters is 2. The smallest absolute Gasteiger partial charge is 0.355 e. The maximum absolute atomic E-state index is 12.4. The summed E-state index contributed by atoms with van der Waals surface area (Å²) in [6.07, 6.45) is 2.62. The van der Waals surface area contributed by atoms with Crippen LogP contribution >= 0.6 is 0 Å². The van der Waals surface area contributed by atoms with E-state index in [1.807, 2.05) is 11.9 Å². The van der Waals surface area contributed by atoms with Gasteiger partial charge in [0.2, 0.25) is 0 Å². The second-order valence-electron chi connectivity index (χ2n) is 7.25. The molecule has 2 aromatic rings. The van der Waals surface area contributed by atoms with Crippen molar-refractivity contribution in [2.24, 2.45) is 7.05 Å². The number of aromatic amines is 1. The number of rotatable bonds is 4. The highest BCUT2D eigenvalue weighted by molar-refractivity contribution is 5.88. The van der Waals surface area contributed by atoms with Crippen molar-refractivity contribution in [1.29, 1.82) is 0 Å². The van der Waals surface area contributed by atoms with Crippen molar-refractivity contribution >= 4 is 11.9 Å². The Kier molecular flexibility index (Phi) is 4.53. The molecule has 0 spiro atoms. The number of fused-ring (bicyclic) bond motifs is 2. The van der Waals surface area contributed by atoms with E-state index in [-0.39, 0.29) is 24.2 Å². The minimum Gasteiger partial charge on any atom is -0.458 e. The highest BCUT2D eigenvalue weighted by Gasteiger charge is 2.54. The van der Waals surface area contributed by atoms with Gasteiger partial charge < -0.3 is 24.1 Å². The van der Waals surface area contributed by atoms with Crippen LogP contribution in [0.4, 0.5) is 0 Å². The topological polar surface area (TPSA) is 96.8 Å². The van der Waals surface area contributed by atoms with Gasteiger partial charge in [0, 0.05) is 38.3 Å². The summed E-state index contributed by atoms with van der Waals surface area (Å²) in [5.41, 5.74) is 0.828. The van der Waals surface area contributed by atoms with E-state index in [4.69, 9.17) is 9.47 Å².